The first-order valence-corrected chi connectivity index (χ1v) is 8.72. The standard InChI is InChI=1S/C19H21N5O2/c1-14-17(18-20-7-2-8-24(18)22-14)19(25)21-13-15-3-5-16(6-4-15)23-9-11-26-12-10-23/h2-8H,9-13H2,1H3,(H,21,25). The molecule has 1 N–H and O–H groups in total. The Bertz CT molecular complexity index is 913. The molecule has 0 atom stereocenters. The van der Waals surface area contributed by atoms with E-state index in [2.05, 4.69) is 32.4 Å². The van der Waals surface area contributed by atoms with Crippen LogP contribution in [0.1, 0.15) is 21.6 Å². The van der Waals surface area contributed by atoms with Crippen molar-refractivity contribution in [1.82, 2.24) is 19.9 Å². The van der Waals surface area contributed by atoms with Crippen LogP contribution in [0, 0.1) is 6.92 Å². The quantitative estimate of drug-likeness (QED) is 0.776. The molecule has 134 valence electrons. The summed E-state index contributed by atoms with van der Waals surface area (Å²) in [6.45, 7) is 5.65. The molecule has 1 saturated heterocycles. The van der Waals surface area contributed by atoms with Gasteiger partial charge in [-0.2, -0.15) is 5.10 Å². The number of anilines is 1. The average molecular weight is 351 g/mol. The Labute approximate surface area is 151 Å². The van der Waals surface area contributed by atoms with Gasteiger partial charge in [0.2, 0.25) is 0 Å². The molecule has 1 fully saturated rings. The number of carbonyl (C=O) groups excluding carboxylic acids is 1. The fourth-order valence-corrected chi connectivity index (χ4v) is 3.18. The zero-order valence-electron chi connectivity index (χ0n) is 14.7. The predicted octanol–water partition coefficient (Wildman–Crippen LogP) is 1.80. The molecule has 7 heteroatoms. The Kier molecular flexibility index (Phi) is 4.53. The summed E-state index contributed by atoms with van der Waals surface area (Å²) in [5.74, 6) is -0.159. The Hall–Kier alpha value is -2.93. The molecule has 0 saturated carbocycles. The summed E-state index contributed by atoms with van der Waals surface area (Å²) in [6.07, 6.45) is 3.45. The van der Waals surface area contributed by atoms with Crippen molar-refractivity contribution < 1.29 is 9.53 Å². The number of nitrogens with zero attached hydrogens (tertiary/aromatic N) is 4. The number of hydrogen-bond acceptors (Lipinski definition) is 5. The molecule has 0 radical (unpaired) electrons. The van der Waals surface area contributed by atoms with Gasteiger partial charge in [-0.15, -0.1) is 0 Å². The van der Waals surface area contributed by atoms with Crippen LogP contribution in [0.4, 0.5) is 5.69 Å². The van der Waals surface area contributed by atoms with E-state index in [0.717, 1.165) is 31.9 Å². The lowest BCUT2D eigenvalue weighted by Crippen LogP contribution is -2.36. The first-order chi connectivity index (χ1) is 12.7. The van der Waals surface area contributed by atoms with Gasteiger partial charge in [0, 0.05) is 37.7 Å². The molecule has 1 aliphatic rings. The van der Waals surface area contributed by atoms with Crippen molar-refractivity contribution in [2.24, 2.45) is 0 Å². The van der Waals surface area contributed by atoms with Gasteiger partial charge in [-0.3, -0.25) is 4.79 Å². The van der Waals surface area contributed by atoms with Crippen molar-refractivity contribution >= 4 is 17.2 Å². The summed E-state index contributed by atoms with van der Waals surface area (Å²) >= 11 is 0. The lowest BCUT2D eigenvalue weighted by molar-refractivity contribution is 0.0951. The minimum absolute atomic E-state index is 0.159. The van der Waals surface area contributed by atoms with Crippen molar-refractivity contribution in [2.75, 3.05) is 31.2 Å². The van der Waals surface area contributed by atoms with Crippen molar-refractivity contribution in [3.05, 3.63) is 59.5 Å². The molecule has 4 rings (SSSR count). The number of aryl methyl sites for hydroxylation is 1. The monoisotopic (exact) mass is 351 g/mol. The SMILES string of the molecule is Cc1nn2cccnc2c1C(=O)NCc1ccc(N2CCOCC2)cc1. The molecule has 2 aromatic heterocycles. The highest BCUT2D eigenvalue weighted by atomic mass is 16.5. The van der Waals surface area contributed by atoms with Crippen LogP contribution < -0.4 is 10.2 Å². The molecule has 0 unspecified atom stereocenters. The Morgan fingerprint density at radius 3 is 2.77 bits per heavy atom. The van der Waals surface area contributed by atoms with Gasteiger partial charge in [0.05, 0.1) is 18.9 Å². The Morgan fingerprint density at radius 1 is 1.23 bits per heavy atom. The number of nitrogens with one attached hydrogen (secondary N) is 1. The first kappa shape index (κ1) is 16.5. The molecule has 0 bridgehead atoms. The van der Waals surface area contributed by atoms with Crippen LogP contribution in [0.2, 0.25) is 0 Å². The van der Waals surface area contributed by atoms with Crippen molar-refractivity contribution in [3.63, 3.8) is 0 Å². The van der Waals surface area contributed by atoms with Crippen LogP contribution in [0.15, 0.2) is 42.7 Å². The number of rotatable bonds is 4. The number of amides is 1. The van der Waals surface area contributed by atoms with Crippen LogP contribution in [-0.4, -0.2) is 46.8 Å². The molecular formula is C19H21N5O2. The maximum atomic E-state index is 12.6. The second-order valence-corrected chi connectivity index (χ2v) is 6.30. The third-order valence-electron chi connectivity index (χ3n) is 4.56. The van der Waals surface area contributed by atoms with Crippen LogP contribution in [-0.2, 0) is 11.3 Å². The Balaban J connectivity index is 1.43. The van der Waals surface area contributed by atoms with Gasteiger partial charge in [0.1, 0.15) is 5.56 Å². The lowest BCUT2D eigenvalue weighted by Gasteiger charge is -2.28. The maximum Gasteiger partial charge on any atom is 0.257 e. The molecule has 1 amide bonds. The van der Waals surface area contributed by atoms with E-state index in [1.165, 1.54) is 5.69 Å². The van der Waals surface area contributed by atoms with Crippen LogP contribution in [0.25, 0.3) is 5.65 Å². The summed E-state index contributed by atoms with van der Waals surface area (Å²) in [5, 5.41) is 7.30. The third kappa shape index (κ3) is 3.25. The highest BCUT2D eigenvalue weighted by molar-refractivity contribution is 6.00. The summed E-state index contributed by atoms with van der Waals surface area (Å²) < 4.78 is 7.01. The second-order valence-electron chi connectivity index (χ2n) is 6.30. The van der Waals surface area contributed by atoms with E-state index in [-0.39, 0.29) is 5.91 Å². The maximum absolute atomic E-state index is 12.6. The zero-order chi connectivity index (χ0) is 17.9. The summed E-state index contributed by atoms with van der Waals surface area (Å²) in [6, 6.07) is 10.1. The van der Waals surface area contributed by atoms with Crippen molar-refractivity contribution in [3.8, 4) is 0 Å². The number of ether oxygens (including phenoxy) is 1. The van der Waals surface area contributed by atoms with Crippen molar-refractivity contribution in [1.29, 1.82) is 0 Å². The minimum atomic E-state index is -0.159. The number of benzene rings is 1. The molecule has 26 heavy (non-hydrogen) atoms. The van der Waals surface area contributed by atoms with Gasteiger partial charge in [0.15, 0.2) is 5.65 Å². The fraction of sp³-hybridized carbons (Fsp3) is 0.316. The van der Waals surface area contributed by atoms with E-state index in [1.807, 2.05) is 19.1 Å². The summed E-state index contributed by atoms with van der Waals surface area (Å²) in [5.41, 5.74) is 4.01. The van der Waals surface area contributed by atoms with E-state index in [0.29, 0.717) is 23.4 Å². The van der Waals surface area contributed by atoms with Gasteiger partial charge >= 0.3 is 0 Å². The first-order valence-electron chi connectivity index (χ1n) is 8.72. The zero-order valence-corrected chi connectivity index (χ0v) is 14.7. The smallest absolute Gasteiger partial charge is 0.257 e. The van der Waals surface area contributed by atoms with Gasteiger partial charge in [-0.25, -0.2) is 9.50 Å². The summed E-state index contributed by atoms with van der Waals surface area (Å²) in [4.78, 5) is 19.2. The van der Waals surface area contributed by atoms with E-state index in [9.17, 15) is 4.79 Å². The van der Waals surface area contributed by atoms with E-state index in [4.69, 9.17) is 4.74 Å². The van der Waals surface area contributed by atoms with Gasteiger partial charge < -0.3 is 15.0 Å². The summed E-state index contributed by atoms with van der Waals surface area (Å²) in [7, 11) is 0. The highest BCUT2D eigenvalue weighted by Gasteiger charge is 2.17. The average Bonchev–Trinajstić information content (AvgIpc) is 3.03. The van der Waals surface area contributed by atoms with Gasteiger partial charge in [-0.05, 0) is 30.7 Å². The van der Waals surface area contributed by atoms with Crippen LogP contribution in [0.5, 0.6) is 0 Å². The van der Waals surface area contributed by atoms with E-state index in [1.54, 1.807) is 23.0 Å². The minimum Gasteiger partial charge on any atom is -0.378 e. The van der Waals surface area contributed by atoms with E-state index >= 15 is 0 Å². The number of hydrogen-bond donors (Lipinski definition) is 1. The van der Waals surface area contributed by atoms with Crippen LogP contribution in [0.3, 0.4) is 0 Å². The molecule has 1 aromatic carbocycles. The molecular weight excluding hydrogens is 330 g/mol. The van der Waals surface area contributed by atoms with Crippen LogP contribution >= 0.6 is 0 Å². The number of aromatic nitrogens is 3. The van der Waals surface area contributed by atoms with Gasteiger partial charge in [-0.1, -0.05) is 12.1 Å². The number of carbonyl (C=O) groups is 1. The molecule has 0 aliphatic carbocycles. The van der Waals surface area contributed by atoms with Gasteiger partial charge in [0.25, 0.3) is 5.91 Å². The Morgan fingerprint density at radius 2 is 2.00 bits per heavy atom. The molecule has 7 nitrogen and oxygen atoms in total. The fourth-order valence-electron chi connectivity index (χ4n) is 3.18. The topological polar surface area (TPSA) is 71.8 Å². The molecule has 0 spiro atoms. The third-order valence-corrected chi connectivity index (χ3v) is 4.56. The van der Waals surface area contributed by atoms with Crippen molar-refractivity contribution in [2.45, 2.75) is 13.5 Å². The molecule has 3 heterocycles. The second kappa shape index (κ2) is 7.13. The predicted molar refractivity (Wildman–Crippen MR) is 98.4 cm³/mol. The highest BCUT2D eigenvalue weighted by Crippen LogP contribution is 2.17. The molecule has 3 aromatic rings. The largest absolute Gasteiger partial charge is 0.378 e. The number of fused-ring (bicyclic) bond motifs is 1. The normalized spacial score (nSPS) is 14.6. The molecule has 1 aliphatic heterocycles. The number of morpholine rings is 1. The van der Waals surface area contributed by atoms with E-state index < -0.39 is 0 Å². The lowest BCUT2D eigenvalue weighted by atomic mass is 10.1.